The molecule has 2 fully saturated rings. The Morgan fingerprint density at radius 3 is 2.48 bits per heavy atom. The highest BCUT2D eigenvalue weighted by atomic mass is 16.5. The van der Waals surface area contributed by atoms with Crippen molar-refractivity contribution in [1.82, 2.24) is 10.2 Å². The van der Waals surface area contributed by atoms with Crippen LogP contribution in [0, 0.1) is 17.8 Å². The summed E-state index contributed by atoms with van der Waals surface area (Å²) >= 11 is 0. The largest absolute Gasteiger partial charge is 0.390 e. The first kappa shape index (κ1) is 16.4. The van der Waals surface area contributed by atoms with Crippen LogP contribution in [0.25, 0.3) is 0 Å². The fourth-order valence-electron chi connectivity index (χ4n) is 3.43. The zero-order chi connectivity index (χ0) is 15.4. The van der Waals surface area contributed by atoms with E-state index in [1.54, 1.807) is 7.11 Å². The normalized spacial score (nSPS) is 30.0. The first-order valence-corrected chi connectivity index (χ1v) is 7.81. The molecule has 0 radical (unpaired) electrons. The van der Waals surface area contributed by atoms with E-state index >= 15 is 0 Å². The Morgan fingerprint density at radius 1 is 1.33 bits per heavy atom. The lowest BCUT2D eigenvalue weighted by Gasteiger charge is -2.21. The van der Waals surface area contributed by atoms with Crippen molar-refractivity contribution in [3.05, 3.63) is 0 Å². The number of hydrogen-bond donors (Lipinski definition) is 2. The summed E-state index contributed by atoms with van der Waals surface area (Å²) in [5.74, 6) is 0.0386. The molecule has 1 aliphatic carbocycles. The highest BCUT2D eigenvalue weighted by molar-refractivity contribution is 6.05. The molecular formula is C15H26N2O4. The van der Waals surface area contributed by atoms with Crippen molar-refractivity contribution in [3.8, 4) is 0 Å². The zero-order valence-corrected chi connectivity index (χ0v) is 12.9. The lowest BCUT2D eigenvalue weighted by molar-refractivity contribution is -0.142. The number of fused-ring (bicyclic) bond motifs is 1. The molecule has 21 heavy (non-hydrogen) atoms. The van der Waals surface area contributed by atoms with Crippen LogP contribution in [-0.2, 0) is 14.3 Å². The number of nitrogens with zero attached hydrogens (tertiary/aromatic N) is 1. The summed E-state index contributed by atoms with van der Waals surface area (Å²) in [5.41, 5.74) is 0. The number of carbonyl (C=O) groups is 2. The van der Waals surface area contributed by atoms with Crippen molar-refractivity contribution in [1.29, 1.82) is 0 Å². The van der Waals surface area contributed by atoms with Gasteiger partial charge in [0.25, 0.3) is 0 Å². The van der Waals surface area contributed by atoms with Crippen LogP contribution >= 0.6 is 0 Å². The molecular weight excluding hydrogens is 272 g/mol. The van der Waals surface area contributed by atoms with Crippen LogP contribution in [0.4, 0.5) is 0 Å². The van der Waals surface area contributed by atoms with E-state index < -0.39 is 6.10 Å². The maximum absolute atomic E-state index is 12.3. The number of imide groups is 1. The number of likely N-dealkylation sites (tertiary alicyclic amines) is 1. The second-order valence-corrected chi connectivity index (χ2v) is 6.10. The van der Waals surface area contributed by atoms with E-state index in [-0.39, 0.29) is 30.2 Å². The highest BCUT2D eigenvalue weighted by Crippen LogP contribution is 2.44. The first-order valence-electron chi connectivity index (χ1n) is 7.81. The number of amides is 2. The van der Waals surface area contributed by atoms with Gasteiger partial charge < -0.3 is 15.2 Å². The molecule has 2 aliphatic rings. The summed E-state index contributed by atoms with van der Waals surface area (Å²) < 4.78 is 4.90. The standard InChI is InChI=1S/C15H26N2O4/c1-3-10-6-12-13(7-10)15(20)17(14(12)19)9-11(18)8-16-4-5-21-2/h10-13,16,18H,3-9H2,1-2H3. The van der Waals surface area contributed by atoms with Crippen LogP contribution in [0.2, 0.25) is 0 Å². The van der Waals surface area contributed by atoms with Gasteiger partial charge in [-0.2, -0.15) is 0 Å². The lowest BCUT2D eigenvalue weighted by Crippen LogP contribution is -2.42. The molecule has 6 nitrogen and oxygen atoms in total. The lowest BCUT2D eigenvalue weighted by atomic mass is 10.00. The molecule has 1 heterocycles. The van der Waals surface area contributed by atoms with Crippen molar-refractivity contribution < 1.29 is 19.4 Å². The van der Waals surface area contributed by atoms with E-state index in [2.05, 4.69) is 12.2 Å². The van der Waals surface area contributed by atoms with Gasteiger partial charge in [-0.3, -0.25) is 14.5 Å². The Labute approximate surface area is 125 Å². The average molecular weight is 298 g/mol. The van der Waals surface area contributed by atoms with Crippen molar-refractivity contribution in [2.75, 3.05) is 33.4 Å². The molecule has 6 heteroatoms. The van der Waals surface area contributed by atoms with E-state index in [0.717, 1.165) is 19.3 Å². The molecule has 2 rings (SSSR count). The van der Waals surface area contributed by atoms with Crippen LogP contribution in [-0.4, -0.2) is 61.3 Å². The van der Waals surface area contributed by atoms with Crippen molar-refractivity contribution in [3.63, 3.8) is 0 Å². The Hall–Kier alpha value is -0.980. The Kier molecular flexibility index (Phi) is 5.72. The van der Waals surface area contributed by atoms with Crippen LogP contribution in [0.15, 0.2) is 0 Å². The van der Waals surface area contributed by atoms with E-state index in [4.69, 9.17) is 4.74 Å². The molecule has 0 aromatic carbocycles. The van der Waals surface area contributed by atoms with Gasteiger partial charge in [-0.25, -0.2) is 0 Å². The molecule has 1 saturated carbocycles. The van der Waals surface area contributed by atoms with E-state index in [0.29, 0.717) is 25.6 Å². The highest BCUT2D eigenvalue weighted by Gasteiger charge is 2.52. The fraction of sp³-hybridized carbons (Fsp3) is 0.867. The number of ether oxygens (including phenoxy) is 1. The maximum atomic E-state index is 12.3. The number of methoxy groups -OCH3 is 1. The van der Waals surface area contributed by atoms with E-state index in [9.17, 15) is 14.7 Å². The summed E-state index contributed by atoms with van der Waals surface area (Å²) in [6.45, 7) is 3.76. The Balaban J connectivity index is 1.82. The number of carbonyl (C=O) groups excluding carboxylic acids is 2. The van der Waals surface area contributed by atoms with Crippen LogP contribution in [0.3, 0.4) is 0 Å². The van der Waals surface area contributed by atoms with Crippen molar-refractivity contribution >= 4 is 11.8 Å². The number of nitrogens with one attached hydrogen (secondary N) is 1. The van der Waals surface area contributed by atoms with Gasteiger partial charge in [-0.05, 0) is 18.8 Å². The van der Waals surface area contributed by atoms with Crippen LogP contribution in [0.5, 0.6) is 0 Å². The minimum Gasteiger partial charge on any atom is -0.390 e. The minimum absolute atomic E-state index is 0.0862. The van der Waals surface area contributed by atoms with Gasteiger partial charge in [0.2, 0.25) is 11.8 Å². The SMILES string of the molecule is CCC1CC2C(=O)N(CC(O)CNCCOC)C(=O)C2C1. The van der Waals surface area contributed by atoms with Crippen molar-refractivity contribution in [2.45, 2.75) is 32.3 Å². The minimum atomic E-state index is -0.726. The molecule has 3 atom stereocenters. The molecule has 120 valence electrons. The summed E-state index contributed by atoms with van der Waals surface area (Å²) in [4.78, 5) is 25.9. The third kappa shape index (κ3) is 3.62. The zero-order valence-electron chi connectivity index (χ0n) is 12.9. The van der Waals surface area contributed by atoms with E-state index in [1.807, 2.05) is 0 Å². The number of β-amino-alcohol motifs (C(OH)–C–C–N with tert-alkyl or cyclic N) is 1. The summed E-state index contributed by atoms with van der Waals surface area (Å²) in [7, 11) is 1.61. The predicted molar refractivity (Wildman–Crippen MR) is 77.5 cm³/mol. The maximum Gasteiger partial charge on any atom is 0.233 e. The fourth-order valence-corrected chi connectivity index (χ4v) is 3.43. The number of rotatable bonds is 8. The summed E-state index contributed by atoms with van der Waals surface area (Å²) in [6.07, 6.45) is 1.95. The molecule has 0 spiro atoms. The van der Waals surface area contributed by atoms with Crippen LogP contribution in [0.1, 0.15) is 26.2 Å². The quantitative estimate of drug-likeness (QED) is 0.487. The molecule has 3 unspecified atom stereocenters. The third-order valence-electron chi connectivity index (χ3n) is 4.66. The third-order valence-corrected chi connectivity index (χ3v) is 4.66. The van der Waals surface area contributed by atoms with Gasteiger partial charge in [0.1, 0.15) is 0 Å². The second-order valence-electron chi connectivity index (χ2n) is 6.10. The number of aliphatic hydroxyl groups excluding tert-OH is 1. The molecule has 0 aromatic rings. The molecule has 0 aromatic heterocycles. The average Bonchev–Trinajstić information content (AvgIpc) is 2.99. The van der Waals surface area contributed by atoms with Gasteiger partial charge >= 0.3 is 0 Å². The number of hydrogen-bond acceptors (Lipinski definition) is 5. The first-order chi connectivity index (χ1) is 10.1. The second kappa shape index (κ2) is 7.33. The molecule has 0 bridgehead atoms. The predicted octanol–water partition coefficient (Wildman–Crippen LogP) is 0.00450. The molecule has 1 saturated heterocycles. The Morgan fingerprint density at radius 2 is 1.95 bits per heavy atom. The van der Waals surface area contributed by atoms with Gasteiger partial charge in [0, 0.05) is 20.2 Å². The van der Waals surface area contributed by atoms with Crippen LogP contribution < -0.4 is 5.32 Å². The summed E-state index contributed by atoms with van der Waals surface area (Å²) in [6, 6.07) is 0. The smallest absolute Gasteiger partial charge is 0.233 e. The topological polar surface area (TPSA) is 78.9 Å². The molecule has 2 amide bonds. The van der Waals surface area contributed by atoms with Gasteiger partial charge in [-0.15, -0.1) is 0 Å². The van der Waals surface area contributed by atoms with Crippen molar-refractivity contribution in [2.24, 2.45) is 17.8 Å². The van der Waals surface area contributed by atoms with E-state index in [1.165, 1.54) is 4.90 Å². The monoisotopic (exact) mass is 298 g/mol. The summed E-state index contributed by atoms with van der Waals surface area (Å²) in [5, 5.41) is 13.0. The number of aliphatic hydroxyl groups is 1. The van der Waals surface area contributed by atoms with Gasteiger partial charge in [0.15, 0.2) is 0 Å². The molecule has 2 N–H and O–H groups in total. The Bertz CT molecular complexity index is 364. The molecule has 1 aliphatic heterocycles. The van der Waals surface area contributed by atoms with Gasteiger partial charge in [0.05, 0.1) is 31.1 Å². The van der Waals surface area contributed by atoms with Gasteiger partial charge in [-0.1, -0.05) is 13.3 Å².